The number of furan rings is 1. The molecule has 1 N–H and O–H groups in total. The third kappa shape index (κ3) is 4.49. The van der Waals surface area contributed by atoms with Crippen LogP contribution in [-0.4, -0.2) is 30.6 Å². The van der Waals surface area contributed by atoms with Crippen molar-refractivity contribution in [2.24, 2.45) is 0 Å². The van der Waals surface area contributed by atoms with Gasteiger partial charge in [0.2, 0.25) is 0 Å². The molecule has 0 aliphatic rings. The van der Waals surface area contributed by atoms with E-state index in [2.05, 4.69) is 31.0 Å². The normalized spacial score (nSPS) is 11.5. The van der Waals surface area contributed by atoms with Crippen molar-refractivity contribution in [3.63, 3.8) is 0 Å². The predicted molar refractivity (Wildman–Crippen MR) is 62.8 cm³/mol. The van der Waals surface area contributed by atoms with Gasteiger partial charge in [-0.25, -0.2) is 0 Å². The molecule has 1 heterocycles. The van der Waals surface area contributed by atoms with Crippen LogP contribution in [0.1, 0.15) is 26.3 Å². The summed E-state index contributed by atoms with van der Waals surface area (Å²) in [5.74, 6) is 0. The Morgan fingerprint density at radius 3 is 2.80 bits per heavy atom. The van der Waals surface area contributed by atoms with E-state index in [0.29, 0.717) is 6.04 Å². The summed E-state index contributed by atoms with van der Waals surface area (Å²) >= 11 is 0. The van der Waals surface area contributed by atoms with E-state index >= 15 is 0 Å². The Hall–Kier alpha value is -0.800. The number of rotatable bonds is 7. The monoisotopic (exact) mass is 210 g/mol. The van der Waals surface area contributed by atoms with Gasteiger partial charge in [-0.3, -0.25) is 4.90 Å². The van der Waals surface area contributed by atoms with Crippen LogP contribution < -0.4 is 5.32 Å². The molecule has 1 aromatic rings. The van der Waals surface area contributed by atoms with E-state index in [4.69, 9.17) is 4.42 Å². The number of nitrogens with zero attached hydrogens (tertiary/aromatic N) is 1. The predicted octanol–water partition coefficient (Wildman–Crippen LogP) is 2.10. The second-order valence-corrected chi connectivity index (χ2v) is 4.03. The Morgan fingerprint density at radius 1 is 1.47 bits per heavy atom. The second-order valence-electron chi connectivity index (χ2n) is 4.03. The highest BCUT2D eigenvalue weighted by atomic mass is 16.3. The molecular weight excluding hydrogens is 188 g/mol. The lowest BCUT2D eigenvalue weighted by molar-refractivity contribution is 0.233. The standard InChI is InChI=1S/C12H22N2O/c1-4-14(11(2)3)7-6-13-9-12-5-8-15-10-12/h5,8,10-11,13H,4,6-7,9H2,1-3H3. The van der Waals surface area contributed by atoms with Gasteiger partial charge >= 0.3 is 0 Å². The van der Waals surface area contributed by atoms with Crippen molar-refractivity contribution in [1.82, 2.24) is 10.2 Å². The van der Waals surface area contributed by atoms with Gasteiger partial charge in [-0.2, -0.15) is 0 Å². The Bertz CT molecular complexity index is 244. The van der Waals surface area contributed by atoms with Crippen molar-refractivity contribution in [1.29, 1.82) is 0 Å². The minimum atomic E-state index is 0.630. The molecule has 0 aliphatic carbocycles. The fraction of sp³-hybridized carbons (Fsp3) is 0.667. The summed E-state index contributed by atoms with van der Waals surface area (Å²) in [5, 5.41) is 3.41. The molecule has 0 amide bonds. The molecule has 15 heavy (non-hydrogen) atoms. The topological polar surface area (TPSA) is 28.4 Å². The van der Waals surface area contributed by atoms with Crippen molar-refractivity contribution < 1.29 is 4.42 Å². The Morgan fingerprint density at radius 2 is 2.27 bits per heavy atom. The summed E-state index contributed by atoms with van der Waals surface area (Å²) in [7, 11) is 0. The third-order valence-corrected chi connectivity index (χ3v) is 2.62. The van der Waals surface area contributed by atoms with Crippen molar-refractivity contribution in [3.8, 4) is 0 Å². The van der Waals surface area contributed by atoms with Gasteiger partial charge in [0.1, 0.15) is 0 Å². The minimum absolute atomic E-state index is 0.630. The fourth-order valence-electron chi connectivity index (χ4n) is 1.63. The molecule has 0 unspecified atom stereocenters. The highest BCUT2D eigenvalue weighted by Crippen LogP contribution is 1.99. The lowest BCUT2D eigenvalue weighted by Gasteiger charge is -2.24. The van der Waals surface area contributed by atoms with Crippen LogP contribution in [0, 0.1) is 0 Å². The smallest absolute Gasteiger partial charge is 0.0947 e. The Balaban J connectivity index is 2.10. The molecule has 0 bridgehead atoms. The van der Waals surface area contributed by atoms with Crippen LogP contribution in [0.5, 0.6) is 0 Å². The molecule has 3 nitrogen and oxygen atoms in total. The summed E-state index contributed by atoms with van der Waals surface area (Å²) in [5.41, 5.74) is 1.21. The van der Waals surface area contributed by atoms with Crippen molar-refractivity contribution in [2.45, 2.75) is 33.4 Å². The first-order valence-electron chi connectivity index (χ1n) is 5.70. The van der Waals surface area contributed by atoms with Crippen molar-refractivity contribution in [2.75, 3.05) is 19.6 Å². The van der Waals surface area contributed by atoms with E-state index in [-0.39, 0.29) is 0 Å². The summed E-state index contributed by atoms with van der Waals surface area (Å²) in [6.45, 7) is 10.8. The summed E-state index contributed by atoms with van der Waals surface area (Å²) < 4.78 is 5.00. The van der Waals surface area contributed by atoms with E-state index in [1.54, 1.807) is 12.5 Å². The summed E-state index contributed by atoms with van der Waals surface area (Å²) in [6.07, 6.45) is 3.50. The van der Waals surface area contributed by atoms with Crippen molar-refractivity contribution in [3.05, 3.63) is 24.2 Å². The third-order valence-electron chi connectivity index (χ3n) is 2.62. The fourth-order valence-corrected chi connectivity index (χ4v) is 1.63. The summed E-state index contributed by atoms with van der Waals surface area (Å²) in [4.78, 5) is 2.45. The molecule has 86 valence electrons. The van der Waals surface area contributed by atoms with Gasteiger partial charge in [0, 0.05) is 31.2 Å². The minimum Gasteiger partial charge on any atom is -0.472 e. The van der Waals surface area contributed by atoms with Gasteiger partial charge in [0.05, 0.1) is 12.5 Å². The van der Waals surface area contributed by atoms with Gasteiger partial charge in [0.15, 0.2) is 0 Å². The molecule has 0 atom stereocenters. The molecule has 0 aliphatic heterocycles. The van der Waals surface area contributed by atoms with Gasteiger partial charge < -0.3 is 9.73 Å². The molecule has 1 aromatic heterocycles. The van der Waals surface area contributed by atoms with Crippen LogP contribution in [0.15, 0.2) is 23.0 Å². The molecule has 0 saturated carbocycles. The molecule has 3 heteroatoms. The Kier molecular flexibility index (Phi) is 5.43. The molecule has 0 spiro atoms. The molecule has 0 aromatic carbocycles. The lowest BCUT2D eigenvalue weighted by Crippen LogP contribution is -2.36. The first-order chi connectivity index (χ1) is 7.24. The molecule has 1 rings (SSSR count). The second kappa shape index (κ2) is 6.64. The molecule has 0 saturated heterocycles. The maximum Gasteiger partial charge on any atom is 0.0947 e. The number of likely N-dealkylation sites (N-methyl/N-ethyl adjacent to an activating group) is 1. The maximum atomic E-state index is 5.00. The largest absolute Gasteiger partial charge is 0.472 e. The van der Waals surface area contributed by atoms with Gasteiger partial charge in [-0.05, 0) is 26.5 Å². The van der Waals surface area contributed by atoms with Gasteiger partial charge in [0.25, 0.3) is 0 Å². The number of hydrogen-bond donors (Lipinski definition) is 1. The molecule has 0 fully saturated rings. The molecule has 0 radical (unpaired) electrons. The number of hydrogen-bond acceptors (Lipinski definition) is 3. The highest BCUT2D eigenvalue weighted by Gasteiger charge is 2.05. The van der Waals surface area contributed by atoms with E-state index in [0.717, 1.165) is 26.2 Å². The van der Waals surface area contributed by atoms with Crippen molar-refractivity contribution >= 4 is 0 Å². The maximum absolute atomic E-state index is 5.00. The van der Waals surface area contributed by atoms with Crippen LogP contribution in [0.25, 0.3) is 0 Å². The Labute approximate surface area is 92.5 Å². The molecular formula is C12H22N2O. The average Bonchev–Trinajstić information content (AvgIpc) is 2.70. The SMILES string of the molecule is CCN(CCNCc1ccoc1)C(C)C. The zero-order valence-electron chi connectivity index (χ0n) is 9.99. The van der Waals surface area contributed by atoms with Crippen LogP contribution in [0.4, 0.5) is 0 Å². The van der Waals surface area contributed by atoms with Crippen LogP contribution in [0.3, 0.4) is 0 Å². The van der Waals surface area contributed by atoms with Gasteiger partial charge in [-0.1, -0.05) is 6.92 Å². The highest BCUT2D eigenvalue weighted by molar-refractivity contribution is 5.04. The quantitative estimate of drug-likeness (QED) is 0.699. The average molecular weight is 210 g/mol. The van der Waals surface area contributed by atoms with Crippen LogP contribution in [-0.2, 0) is 6.54 Å². The van der Waals surface area contributed by atoms with E-state index in [1.165, 1.54) is 5.56 Å². The van der Waals surface area contributed by atoms with Crippen LogP contribution >= 0.6 is 0 Å². The summed E-state index contributed by atoms with van der Waals surface area (Å²) in [6, 6.07) is 2.62. The van der Waals surface area contributed by atoms with E-state index < -0.39 is 0 Å². The van der Waals surface area contributed by atoms with E-state index in [9.17, 15) is 0 Å². The number of nitrogens with one attached hydrogen (secondary N) is 1. The van der Waals surface area contributed by atoms with Crippen LogP contribution in [0.2, 0.25) is 0 Å². The first-order valence-corrected chi connectivity index (χ1v) is 5.70. The zero-order chi connectivity index (χ0) is 11.1. The van der Waals surface area contributed by atoms with Gasteiger partial charge in [-0.15, -0.1) is 0 Å². The lowest BCUT2D eigenvalue weighted by atomic mass is 10.3. The van der Waals surface area contributed by atoms with E-state index in [1.807, 2.05) is 6.07 Å². The zero-order valence-corrected chi connectivity index (χ0v) is 9.99. The first kappa shape index (κ1) is 12.3.